The van der Waals surface area contributed by atoms with Crippen LogP contribution in [0.5, 0.6) is 0 Å². The molecule has 22 N–H and O–H groups in total. The fourth-order valence-electron chi connectivity index (χ4n) is 0. The van der Waals surface area contributed by atoms with E-state index in [0.717, 1.165) is 0 Å². The van der Waals surface area contributed by atoms with Crippen molar-refractivity contribution in [3.05, 3.63) is 0 Å². The van der Waals surface area contributed by atoms with Crippen LogP contribution in [0.25, 0.3) is 0 Å². The van der Waals surface area contributed by atoms with Crippen molar-refractivity contribution < 1.29 is 96.4 Å². The average molecular weight is 527 g/mol. The normalized spacial score (nSPS) is 7.24. The van der Waals surface area contributed by atoms with E-state index in [1.54, 1.807) is 0 Å². The van der Waals surface area contributed by atoms with E-state index >= 15 is 0 Å². The molecule has 0 amide bonds. The van der Waals surface area contributed by atoms with Gasteiger partial charge in [-0.1, -0.05) is 40.5 Å². The molecule has 0 aliphatic heterocycles. The van der Waals surface area contributed by atoms with Crippen LogP contribution in [0, 0.1) is 0 Å². The maximum absolute atomic E-state index is 8.74. The molecule has 0 aromatic heterocycles. The smallest absolute Gasteiger partial charge is 0.394 e. The predicted molar refractivity (Wildman–Crippen MR) is 103 cm³/mol. The van der Waals surface area contributed by atoms with Crippen LogP contribution in [0.3, 0.4) is 0 Å². The van der Waals surface area contributed by atoms with Crippen LogP contribution in [0.4, 0.5) is 0 Å². The lowest BCUT2D eigenvalue weighted by atomic mass is 10.6. The molecule has 0 bridgehead atoms. The molecule has 0 fully saturated rings. The van der Waals surface area contributed by atoms with Gasteiger partial charge in [0.15, 0.2) is 0 Å². The van der Waals surface area contributed by atoms with Crippen molar-refractivity contribution in [2.45, 2.75) is 40.5 Å². The topological polar surface area (TPSA) is 476 Å². The Morgan fingerprint density at radius 2 is 0.379 bits per heavy atom. The van der Waals surface area contributed by atoms with E-state index in [9.17, 15) is 0 Å². The molecule has 0 saturated carbocycles. The van der Waals surface area contributed by atoms with Gasteiger partial charge in [-0.3, -0.25) is 27.3 Å². The second kappa shape index (κ2) is 50.7. The minimum atomic E-state index is -4.67. The Kier molecular flexibility index (Phi) is 158. The molecule has 20 nitrogen and oxygen atoms in total. The molecule has 0 atom stereocenters. The summed E-state index contributed by atoms with van der Waals surface area (Å²) in [6.45, 7) is 8.50. The Morgan fingerprint density at radius 1 is 0.379 bits per heavy atom. The first kappa shape index (κ1) is 90.1. The standard InChI is InChI=1S/2C3H8.3H2O4S.8H2O/c2*1-3-2;3*1-5(2,3)4;;;;;;;;/h2*3H2,1-2H3;3*(H2,1,2,3,4);8*1H2. The average Bonchev–Trinajstić information content (AvgIpc) is 1.93. The van der Waals surface area contributed by atoms with E-state index in [4.69, 9.17) is 52.6 Å². The third-order valence-corrected chi connectivity index (χ3v) is 0. The Morgan fingerprint density at radius 3 is 0.379 bits per heavy atom. The summed E-state index contributed by atoms with van der Waals surface area (Å²) in [6, 6.07) is 0. The van der Waals surface area contributed by atoms with Gasteiger partial charge in [-0.05, 0) is 0 Å². The van der Waals surface area contributed by atoms with Gasteiger partial charge in [0, 0.05) is 0 Å². The van der Waals surface area contributed by atoms with Gasteiger partial charge in [-0.2, -0.15) is 25.3 Å². The summed E-state index contributed by atoms with van der Waals surface area (Å²) in [5.74, 6) is 0. The summed E-state index contributed by atoms with van der Waals surface area (Å²) in [6.07, 6.45) is 2.50. The first-order valence-electron chi connectivity index (χ1n) is 4.92. The lowest BCUT2D eigenvalue weighted by Crippen LogP contribution is -1.89. The molecule has 29 heavy (non-hydrogen) atoms. The molecule has 0 aromatic rings. The molecule has 0 aliphatic carbocycles. The zero-order chi connectivity index (χ0) is 18.9. The largest absolute Gasteiger partial charge is 0.412 e. The van der Waals surface area contributed by atoms with E-state index in [0.29, 0.717) is 0 Å². The zero-order valence-corrected chi connectivity index (χ0v) is 18.2. The van der Waals surface area contributed by atoms with Crippen molar-refractivity contribution in [1.82, 2.24) is 0 Å². The number of hydrogen-bond donors (Lipinski definition) is 6. The van der Waals surface area contributed by atoms with Gasteiger partial charge >= 0.3 is 31.2 Å². The molecule has 0 radical (unpaired) electrons. The van der Waals surface area contributed by atoms with E-state index in [-0.39, 0.29) is 43.8 Å². The quantitative estimate of drug-likeness (QED) is 0.161. The highest BCUT2D eigenvalue weighted by Gasteiger charge is 1.85. The first-order chi connectivity index (χ1) is 8.83. The monoisotopic (exact) mass is 526 g/mol. The number of hydrogen-bond acceptors (Lipinski definition) is 6. The van der Waals surface area contributed by atoms with Gasteiger partial charge in [-0.15, -0.1) is 0 Å². The van der Waals surface area contributed by atoms with Crippen LogP contribution in [0.1, 0.15) is 40.5 Å². The molecule has 0 unspecified atom stereocenters. The summed E-state index contributed by atoms with van der Waals surface area (Å²) >= 11 is 0. The van der Waals surface area contributed by atoms with E-state index in [1.165, 1.54) is 12.8 Å². The Hall–Kier alpha value is -0.710. The minimum Gasteiger partial charge on any atom is -0.412 e. The summed E-state index contributed by atoms with van der Waals surface area (Å²) in [5, 5.41) is 0. The first-order valence-corrected chi connectivity index (χ1v) is 9.11. The van der Waals surface area contributed by atoms with Gasteiger partial charge in [0.25, 0.3) is 0 Å². The summed E-state index contributed by atoms with van der Waals surface area (Å²) in [7, 11) is -14.0. The maximum Gasteiger partial charge on any atom is 0.394 e. The zero-order valence-electron chi connectivity index (χ0n) is 15.8. The van der Waals surface area contributed by atoms with Crippen molar-refractivity contribution in [2.75, 3.05) is 0 Å². The van der Waals surface area contributed by atoms with Crippen LogP contribution in [0.15, 0.2) is 0 Å². The molecule has 0 heterocycles. The van der Waals surface area contributed by atoms with Gasteiger partial charge in [0.1, 0.15) is 0 Å². The highest BCUT2D eigenvalue weighted by atomic mass is 32.3. The minimum absolute atomic E-state index is 0. The van der Waals surface area contributed by atoms with Gasteiger partial charge in [0.2, 0.25) is 0 Å². The molecular formula is C6H38O20S3. The number of rotatable bonds is 0. The third kappa shape index (κ3) is 34600. The SMILES string of the molecule is CCC.CCC.O.O.O.O.O.O.O.O.O=S(=O)(O)O.O=S(=O)(O)O.O=S(=O)(O)O. The van der Waals surface area contributed by atoms with Crippen molar-refractivity contribution in [1.29, 1.82) is 0 Å². The molecule has 0 rings (SSSR count). The second-order valence-corrected chi connectivity index (χ2v) is 5.44. The van der Waals surface area contributed by atoms with Crippen molar-refractivity contribution >= 4 is 31.2 Å². The fraction of sp³-hybridized carbons (Fsp3) is 1.00. The molecule has 0 aromatic carbocycles. The van der Waals surface area contributed by atoms with Gasteiger partial charge in [-0.25, -0.2) is 0 Å². The highest BCUT2D eigenvalue weighted by molar-refractivity contribution is 7.80. The summed E-state index contributed by atoms with van der Waals surface area (Å²) < 4.78 is 94.8. The van der Waals surface area contributed by atoms with Crippen molar-refractivity contribution in [2.24, 2.45) is 0 Å². The predicted octanol–water partition coefficient (Wildman–Crippen LogP) is -5.72. The van der Waals surface area contributed by atoms with Crippen molar-refractivity contribution in [3.63, 3.8) is 0 Å². The van der Waals surface area contributed by atoms with Crippen LogP contribution in [0.2, 0.25) is 0 Å². The summed E-state index contributed by atoms with van der Waals surface area (Å²) in [5.41, 5.74) is 0. The third-order valence-electron chi connectivity index (χ3n) is 0. The van der Waals surface area contributed by atoms with E-state index in [2.05, 4.69) is 27.7 Å². The van der Waals surface area contributed by atoms with E-state index < -0.39 is 31.2 Å². The lowest BCUT2D eigenvalue weighted by molar-refractivity contribution is 0.378. The Balaban J connectivity index is -0.00000000951. The molecule has 23 heteroatoms. The highest BCUT2D eigenvalue weighted by Crippen LogP contribution is 1.60. The summed E-state index contributed by atoms with van der Waals surface area (Å²) in [4.78, 5) is 0. The maximum atomic E-state index is 8.74. The van der Waals surface area contributed by atoms with Crippen LogP contribution in [-0.2, 0) is 31.2 Å². The Labute approximate surface area is 168 Å². The van der Waals surface area contributed by atoms with E-state index in [1.807, 2.05) is 0 Å². The molecule has 0 aliphatic rings. The lowest BCUT2D eigenvalue weighted by Gasteiger charge is -1.68. The second-order valence-electron chi connectivity index (χ2n) is 2.76. The molecule has 0 saturated heterocycles. The van der Waals surface area contributed by atoms with Crippen LogP contribution < -0.4 is 0 Å². The van der Waals surface area contributed by atoms with Gasteiger partial charge in [0.05, 0.1) is 0 Å². The van der Waals surface area contributed by atoms with Crippen molar-refractivity contribution in [3.8, 4) is 0 Å². The molecule has 0 spiro atoms. The van der Waals surface area contributed by atoms with Crippen LogP contribution >= 0.6 is 0 Å². The fourth-order valence-corrected chi connectivity index (χ4v) is 0. The van der Waals surface area contributed by atoms with Gasteiger partial charge < -0.3 is 43.8 Å². The molecule has 200 valence electrons. The Bertz CT molecular complexity index is 381. The van der Waals surface area contributed by atoms with Crippen LogP contribution in [-0.4, -0.2) is 96.4 Å². The molecular weight excluding hydrogens is 488 g/mol.